The van der Waals surface area contributed by atoms with Gasteiger partial charge in [-0.2, -0.15) is 0 Å². The van der Waals surface area contributed by atoms with Crippen LogP contribution in [0.5, 0.6) is 0 Å². The van der Waals surface area contributed by atoms with E-state index in [4.69, 9.17) is 9.84 Å². The molecule has 1 saturated heterocycles. The van der Waals surface area contributed by atoms with Gasteiger partial charge in [-0.05, 0) is 37.8 Å². The molecule has 0 aromatic carbocycles. The van der Waals surface area contributed by atoms with Crippen molar-refractivity contribution < 1.29 is 19.4 Å². The average Bonchev–Trinajstić information content (AvgIpc) is 2.86. The van der Waals surface area contributed by atoms with Crippen LogP contribution in [0.15, 0.2) is 6.07 Å². The highest BCUT2D eigenvalue weighted by Gasteiger charge is 2.29. The van der Waals surface area contributed by atoms with Crippen LogP contribution in [0.1, 0.15) is 39.9 Å². The van der Waals surface area contributed by atoms with Crippen molar-refractivity contribution in [3.63, 3.8) is 0 Å². The van der Waals surface area contributed by atoms with E-state index in [-0.39, 0.29) is 18.5 Å². The number of thiophene rings is 1. The Morgan fingerprint density at radius 1 is 1.43 bits per heavy atom. The third kappa shape index (κ3) is 3.83. The molecule has 5 nitrogen and oxygen atoms in total. The molecule has 0 saturated carbocycles. The second kappa shape index (κ2) is 7.04. The quantitative estimate of drug-likeness (QED) is 0.906. The van der Waals surface area contributed by atoms with Crippen LogP contribution in [-0.2, 0) is 16.0 Å². The fourth-order valence-corrected chi connectivity index (χ4v) is 3.70. The largest absolute Gasteiger partial charge is 0.480 e. The number of carboxylic acids is 1. The molecule has 0 unspecified atom stereocenters. The number of hydrogen-bond acceptors (Lipinski definition) is 4. The van der Waals surface area contributed by atoms with Crippen LogP contribution in [0.2, 0.25) is 0 Å². The summed E-state index contributed by atoms with van der Waals surface area (Å²) in [6, 6.07) is 1.83. The van der Waals surface area contributed by atoms with Crippen molar-refractivity contribution in [3.05, 3.63) is 21.4 Å². The molecule has 1 N–H and O–H groups in total. The number of aliphatic carboxylic acids is 1. The molecule has 0 bridgehead atoms. The SMILES string of the molecule is CCc1sc(C(=O)N(CC(=O)O)C2CCOCC2)cc1C. The Hall–Kier alpha value is -1.40. The van der Waals surface area contributed by atoms with E-state index in [0.29, 0.717) is 30.9 Å². The van der Waals surface area contributed by atoms with Gasteiger partial charge in [-0.1, -0.05) is 6.92 Å². The Morgan fingerprint density at radius 2 is 2.10 bits per heavy atom. The molecule has 0 radical (unpaired) electrons. The molecule has 6 heteroatoms. The van der Waals surface area contributed by atoms with Crippen molar-refractivity contribution in [2.24, 2.45) is 0 Å². The fraction of sp³-hybridized carbons (Fsp3) is 0.600. The first kappa shape index (κ1) is 16.0. The lowest BCUT2D eigenvalue weighted by Crippen LogP contribution is -2.45. The van der Waals surface area contributed by atoms with Crippen molar-refractivity contribution in [3.8, 4) is 0 Å². The zero-order chi connectivity index (χ0) is 15.4. The van der Waals surface area contributed by atoms with E-state index >= 15 is 0 Å². The maximum absolute atomic E-state index is 12.7. The molecule has 1 aliphatic rings. The van der Waals surface area contributed by atoms with Crippen LogP contribution in [-0.4, -0.2) is 47.7 Å². The molecule has 116 valence electrons. The molecule has 0 spiro atoms. The van der Waals surface area contributed by atoms with E-state index in [1.54, 1.807) is 0 Å². The number of carbonyl (C=O) groups excluding carboxylic acids is 1. The summed E-state index contributed by atoms with van der Waals surface area (Å²) in [6.45, 7) is 4.96. The van der Waals surface area contributed by atoms with E-state index in [2.05, 4.69) is 6.92 Å². The monoisotopic (exact) mass is 311 g/mol. The van der Waals surface area contributed by atoms with Crippen LogP contribution < -0.4 is 0 Å². The Balaban J connectivity index is 2.21. The average molecular weight is 311 g/mol. The summed E-state index contributed by atoms with van der Waals surface area (Å²) < 4.78 is 5.30. The molecule has 0 atom stereocenters. The zero-order valence-electron chi connectivity index (χ0n) is 12.4. The van der Waals surface area contributed by atoms with Gasteiger partial charge in [0, 0.05) is 24.1 Å². The first-order valence-electron chi connectivity index (χ1n) is 7.22. The van der Waals surface area contributed by atoms with Gasteiger partial charge in [0.2, 0.25) is 0 Å². The Labute approximate surface area is 128 Å². The number of aryl methyl sites for hydroxylation is 2. The maximum Gasteiger partial charge on any atom is 0.323 e. The maximum atomic E-state index is 12.7. The van der Waals surface area contributed by atoms with Crippen LogP contribution in [0.3, 0.4) is 0 Å². The second-order valence-corrected chi connectivity index (χ2v) is 6.38. The third-order valence-electron chi connectivity index (χ3n) is 3.75. The van der Waals surface area contributed by atoms with Crippen molar-refractivity contribution in [2.75, 3.05) is 19.8 Å². The van der Waals surface area contributed by atoms with E-state index < -0.39 is 5.97 Å². The summed E-state index contributed by atoms with van der Waals surface area (Å²) in [5, 5.41) is 9.09. The highest BCUT2D eigenvalue weighted by Crippen LogP contribution is 2.25. The highest BCUT2D eigenvalue weighted by molar-refractivity contribution is 7.14. The normalized spacial score (nSPS) is 15.9. The minimum absolute atomic E-state index is 0.0465. The van der Waals surface area contributed by atoms with Gasteiger partial charge in [0.1, 0.15) is 6.54 Å². The van der Waals surface area contributed by atoms with Gasteiger partial charge < -0.3 is 14.7 Å². The van der Waals surface area contributed by atoms with Gasteiger partial charge in [0.25, 0.3) is 5.91 Å². The summed E-state index contributed by atoms with van der Waals surface area (Å²) in [5.74, 6) is -1.14. The zero-order valence-corrected chi connectivity index (χ0v) is 13.2. The molecular formula is C15H21NO4S. The minimum Gasteiger partial charge on any atom is -0.480 e. The molecule has 1 fully saturated rings. The van der Waals surface area contributed by atoms with E-state index in [9.17, 15) is 9.59 Å². The second-order valence-electron chi connectivity index (χ2n) is 5.24. The Morgan fingerprint density at radius 3 is 2.62 bits per heavy atom. The molecule has 21 heavy (non-hydrogen) atoms. The van der Waals surface area contributed by atoms with Gasteiger partial charge >= 0.3 is 5.97 Å². The summed E-state index contributed by atoms with van der Waals surface area (Å²) >= 11 is 1.47. The molecule has 1 aliphatic heterocycles. The van der Waals surface area contributed by atoms with Gasteiger partial charge in [-0.25, -0.2) is 0 Å². The van der Waals surface area contributed by atoms with Crippen molar-refractivity contribution >= 4 is 23.2 Å². The molecule has 2 heterocycles. The van der Waals surface area contributed by atoms with E-state index in [0.717, 1.165) is 12.0 Å². The molecule has 1 aromatic heterocycles. The lowest BCUT2D eigenvalue weighted by molar-refractivity contribution is -0.138. The molecule has 1 amide bonds. The lowest BCUT2D eigenvalue weighted by Gasteiger charge is -2.32. The lowest BCUT2D eigenvalue weighted by atomic mass is 10.1. The number of carboxylic acid groups (broad SMARTS) is 1. The van der Waals surface area contributed by atoms with Crippen LogP contribution >= 0.6 is 11.3 Å². The fourth-order valence-electron chi connectivity index (χ4n) is 2.63. The predicted molar refractivity (Wildman–Crippen MR) is 80.9 cm³/mol. The first-order chi connectivity index (χ1) is 10.0. The summed E-state index contributed by atoms with van der Waals surface area (Å²) in [6.07, 6.45) is 2.29. The predicted octanol–water partition coefficient (Wildman–Crippen LogP) is 2.32. The van der Waals surface area contributed by atoms with Crippen LogP contribution in [0.4, 0.5) is 0 Å². The number of hydrogen-bond donors (Lipinski definition) is 1. The topological polar surface area (TPSA) is 66.8 Å². The number of amides is 1. The highest BCUT2D eigenvalue weighted by atomic mass is 32.1. The molecule has 2 rings (SSSR count). The van der Waals surface area contributed by atoms with E-state index in [1.165, 1.54) is 21.1 Å². The van der Waals surface area contributed by atoms with E-state index in [1.807, 2.05) is 13.0 Å². The minimum atomic E-state index is -0.973. The number of ether oxygens (including phenoxy) is 1. The first-order valence-corrected chi connectivity index (χ1v) is 8.04. The number of nitrogens with zero attached hydrogens (tertiary/aromatic N) is 1. The van der Waals surface area contributed by atoms with Crippen LogP contribution in [0, 0.1) is 6.92 Å². The molecule has 0 aliphatic carbocycles. The summed E-state index contributed by atoms with van der Waals surface area (Å²) in [5.41, 5.74) is 1.10. The number of carbonyl (C=O) groups is 2. The standard InChI is InChI=1S/C15H21NO4S/c1-3-12-10(2)8-13(21-12)15(19)16(9-14(17)18)11-4-6-20-7-5-11/h8,11H,3-7,9H2,1-2H3,(H,17,18). The van der Waals surface area contributed by atoms with Gasteiger partial charge in [-0.15, -0.1) is 11.3 Å². The smallest absolute Gasteiger partial charge is 0.323 e. The third-order valence-corrected chi connectivity index (χ3v) is 5.12. The Bertz CT molecular complexity index is 520. The van der Waals surface area contributed by atoms with Crippen molar-refractivity contribution in [2.45, 2.75) is 39.2 Å². The van der Waals surface area contributed by atoms with Crippen LogP contribution in [0.25, 0.3) is 0 Å². The summed E-state index contributed by atoms with van der Waals surface area (Å²) in [4.78, 5) is 27.1. The molecule has 1 aromatic rings. The van der Waals surface area contributed by atoms with Crippen molar-refractivity contribution in [1.29, 1.82) is 0 Å². The molecular weight excluding hydrogens is 290 g/mol. The van der Waals surface area contributed by atoms with Crippen molar-refractivity contribution in [1.82, 2.24) is 4.90 Å². The van der Waals surface area contributed by atoms with Gasteiger partial charge in [0.05, 0.1) is 4.88 Å². The van der Waals surface area contributed by atoms with Gasteiger partial charge in [-0.3, -0.25) is 9.59 Å². The number of rotatable bonds is 5. The Kier molecular flexibility index (Phi) is 5.36. The summed E-state index contributed by atoms with van der Waals surface area (Å²) in [7, 11) is 0. The van der Waals surface area contributed by atoms with Gasteiger partial charge in [0.15, 0.2) is 0 Å².